The number of benzene rings is 2. The fraction of sp³-hybridized carbons (Fsp3) is 0.118. The number of amides is 1. The number of nitrogens with one attached hydrogen (secondary N) is 1. The molecule has 1 aliphatic rings. The molecule has 0 saturated heterocycles. The number of carbonyl (C=O) groups excluding carboxylic acids is 1. The molecule has 0 aromatic heterocycles. The van der Waals surface area contributed by atoms with E-state index in [0.29, 0.717) is 28.5 Å². The Morgan fingerprint density at radius 1 is 1.26 bits per heavy atom. The van der Waals surface area contributed by atoms with Gasteiger partial charge in [0.15, 0.2) is 11.5 Å². The van der Waals surface area contributed by atoms with Crippen molar-refractivity contribution in [3.63, 3.8) is 0 Å². The summed E-state index contributed by atoms with van der Waals surface area (Å²) in [6.07, 6.45) is 1.69. The quantitative estimate of drug-likeness (QED) is 0.796. The van der Waals surface area contributed by atoms with Gasteiger partial charge in [-0.2, -0.15) is 0 Å². The predicted octanol–water partition coefficient (Wildman–Crippen LogP) is 4.59. The highest BCUT2D eigenvalue weighted by atomic mass is 35.5. The van der Waals surface area contributed by atoms with Crippen LogP contribution in [0.3, 0.4) is 0 Å². The molecular weight excluding hydrogens is 337 g/mol. The van der Waals surface area contributed by atoms with Crippen LogP contribution in [-0.2, 0) is 4.79 Å². The van der Waals surface area contributed by atoms with Crippen LogP contribution < -0.4 is 10.1 Å². The zero-order chi connectivity index (χ0) is 16.6. The zero-order valence-corrected chi connectivity index (χ0v) is 13.7. The summed E-state index contributed by atoms with van der Waals surface area (Å²) in [6, 6.07) is 8.40. The first-order chi connectivity index (χ1) is 11.0. The minimum absolute atomic E-state index is 0.116. The predicted molar refractivity (Wildman–Crippen MR) is 92.2 cm³/mol. The lowest BCUT2D eigenvalue weighted by molar-refractivity contribution is -0.110. The second kappa shape index (κ2) is 6.14. The number of hydrogen-bond donors (Lipinski definition) is 2. The van der Waals surface area contributed by atoms with Gasteiger partial charge in [0.05, 0.1) is 11.6 Å². The van der Waals surface area contributed by atoms with Crippen molar-refractivity contribution < 1.29 is 14.6 Å². The molecule has 2 aromatic carbocycles. The van der Waals surface area contributed by atoms with Crippen molar-refractivity contribution in [3.8, 4) is 11.5 Å². The Morgan fingerprint density at radius 3 is 2.78 bits per heavy atom. The lowest BCUT2D eigenvalue weighted by Crippen LogP contribution is -2.03. The Bertz CT molecular complexity index is 831. The Balaban J connectivity index is 2.09. The number of phenols is 1. The normalized spacial score (nSPS) is 14.7. The van der Waals surface area contributed by atoms with E-state index in [1.807, 2.05) is 0 Å². The van der Waals surface area contributed by atoms with Gasteiger partial charge in [0, 0.05) is 21.8 Å². The van der Waals surface area contributed by atoms with Crippen molar-refractivity contribution in [2.45, 2.75) is 6.92 Å². The first-order valence-corrected chi connectivity index (χ1v) is 7.73. The lowest BCUT2D eigenvalue weighted by atomic mass is 10.0. The zero-order valence-electron chi connectivity index (χ0n) is 12.2. The largest absolute Gasteiger partial charge is 0.503 e. The van der Waals surface area contributed by atoms with Crippen LogP contribution in [0.15, 0.2) is 30.3 Å². The van der Waals surface area contributed by atoms with Crippen molar-refractivity contribution >= 4 is 46.4 Å². The number of halogens is 2. The number of hydrogen-bond acceptors (Lipinski definition) is 3. The molecule has 1 aliphatic heterocycles. The van der Waals surface area contributed by atoms with Crippen LogP contribution in [-0.4, -0.2) is 17.6 Å². The highest BCUT2D eigenvalue weighted by molar-refractivity contribution is 6.37. The molecule has 2 aromatic rings. The van der Waals surface area contributed by atoms with E-state index in [0.717, 1.165) is 5.56 Å². The molecule has 2 N–H and O–H groups in total. The molecule has 0 saturated carbocycles. The summed E-state index contributed by atoms with van der Waals surface area (Å²) >= 11 is 12.0. The topological polar surface area (TPSA) is 58.6 Å². The summed E-state index contributed by atoms with van der Waals surface area (Å²) in [5.74, 6) is -0.0593. The summed E-state index contributed by atoms with van der Waals surface area (Å²) in [5.41, 5.74) is 2.56. The number of phenolic OH excluding ortho intramolecular Hbond substituents is 1. The molecule has 118 valence electrons. The Morgan fingerprint density at radius 2 is 2.04 bits per heavy atom. The summed E-state index contributed by atoms with van der Waals surface area (Å²) in [7, 11) is 0. The molecule has 0 bridgehead atoms. The van der Waals surface area contributed by atoms with E-state index >= 15 is 0 Å². The number of fused-ring (bicyclic) bond motifs is 1. The fourth-order valence-electron chi connectivity index (χ4n) is 2.41. The van der Waals surface area contributed by atoms with Crippen molar-refractivity contribution in [1.29, 1.82) is 0 Å². The van der Waals surface area contributed by atoms with Crippen LogP contribution in [0, 0.1) is 0 Å². The van der Waals surface area contributed by atoms with Gasteiger partial charge in [-0.15, -0.1) is 0 Å². The second-order valence-electron chi connectivity index (χ2n) is 4.98. The Labute approximate surface area is 143 Å². The number of anilines is 1. The van der Waals surface area contributed by atoms with Gasteiger partial charge < -0.3 is 15.2 Å². The number of aromatic hydroxyl groups is 1. The molecular formula is C17H13Cl2NO3. The number of ether oxygens (including phenoxy) is 1. The van der Waals surface area contributed by atoms with Crippen LogP contribution in [0.25, 0.3) is 11.6 Å². The van der Waals surface area contributed by atoms with Gasteiger partial charge in [-0.1, -0.05) is 23.2 Å². The maximum Gasteiger partial charge on any atom is 0.256 e. The third-order valence-corrected chi connectivity index (χ3v) is 3.95. The number of rotatable bonds is 3. The van der Waals surface area contributed by atoms with E-state index in [-0.39, 0.29) is 22.4 Å². The highest BCUT2D eigenvalue weighted by Crippen LogP contribution is 2.38. The fourth-order valence-corrected chi connectivity index (χ4v) is 2.80. The average Bonchev–Trinajstić information content (AvgIpc) is 2.80. The molecule has 0 fully saturated rings. The van der Waals surface area contributed by atoms with E-state index in [1.165, 1.54) is 0 Å². The van der Waals surface area contributed by atoms with Crippen molar-refractivity contribution in [1.82, 2.24) is 0 Å². The molecule has 0 spiro atoms. The van der Waals surface area contributed by atoms with E-state index in [4.69, 9.17) is 27.9 Å². The van der Waals surface area contributed by atoms with E-state index in [2.05, 4.69) is 5.32 Å². The Hall–Kier alpha value is -2.17. The van der Waals surface area contributed by atoms with Gasteiger partial charge in [-0.3, -0.25) is 4.79 Å². The number of carbonyl (C=O) groups is 1. The second-order valence-corrected chi connectivity index (χ2v) is 5.83. The minimum atomic E-state index is -0.218. The van der Waals surface area contributed by atoms with Crippen LogP contribution >= 0.6 is 23.2 Å². The third-order valence-electron chi connectivity index (χ3n) is 3.43. The van der Waals surface area contributed by atoms with E-state index in [9.17, 15) is 9.90 Å². The van der Waals surface area contributed by atoms with Crippen molar-refractivity contribution in [3.05, 3.63) is 51.5 Å². The summed E-state index contributed by atoms with van der Waals surface area (Å²) in [4.78, 5) is 12.2. The molecule has 1 heterocycles. The summed E-state index contributed by atoms with van der Waals surface area (Å²) < 4.78 is 5.35. The molecule has 0 atom stereocenters. The van der Waals surface area contributed by atoms with Crippen LogP contribution in [0.4, 0.5) is 5.69 Å². The molecule has 1 amide bonds. The highest BCUT2D eigenvalue weighted by Gasteiger charge is 2.24. The average molecular weight is 350 g/mol. The van der Waals surface area contributed by atoms with Crippen LogP contribution in [0.1, 0.15) is 18.1 Å². The maximum absolute atomic E-state index is 12.2. The summed E-state index contributed by atoms with van der Waals surface area (Å²) in [5, 5.41) is 13.4. The van der Waals surface area contributed by atoms with Crippen LogP contribution in [0.2, 0.25) is 10.0 Å². The molecule has 23 heavy (non-hydrogen) atoms. The minimum Gasteiger partial charge on any atom is -0.503 e. The maximum atomic E-state index is 12.2. The van der Waals surface area contributed by atoms with Gasteiger partial charge >= 0.3 is 0 Å². The van der Waals surface area contributed by atoms with Crippen molar-refractivity contribution in [2.24, 2.45) is 0 Å². The molecule has 0 unspecified atom stereocenters. The van der Waals surface area contributed by atoms with Gasteiger partial charge in [0.25, 0.3) is 5.91 Å². The molecule has 0 radical (unpaired) electrons. The molecule has 0 aliphatic carbocycles. The van der Waals surface area contributed by atoms with E-state index in [1.54, 1.807) is 43.3 Å². The van der Waals surface area contributed by atoms with E-state index < -0.39 is 0 Å². The molecule has 3 rings (SSSR count). The monoisotopic (exact) mass is 349 g/mol. The first kappa shape index (κ1) is 15.7. The van der Waals surface area contributed by atoms with Crippen molar-refractivity contribution in [2.75, 3.05) is 11.9 Å². The van der Waals surface area contributed by atoms with Gasteiger partial charge in [-0.25, -0.2) is 0 Å². The first-order valence-electron chi connectivity index (χ1n) is 6.98. The standard InChI is InChI=1S/C17H13Cl2NO3/c1-2-23-15-7-9(6-13(19)16(15)21)5-12-11-8-10(18)3-4-14(11)20-17(12)22/h3-8,21H,2H2,1H3,(H,20,22)/b12-5+. The van der Waals surface area contributed by atoms with Gasteiger partial charge in [0.1, 0.15) is 0 Å². The third kappa shape index (κ3) is 3.00. The van der Waals surface area contributed by atoms with Gasteiger partial charge in [0.2, 0.25) is 0 Å². The summed E-state index contributed by atoms with van der Waals surface area (Å²) in [6.45, 7) is 2.20. The molecule has 4 nitrogen and oxygen atoms in total. The van der Waals surface area contributed by atoms with Crippen LogP contribution in [0.5, 0.6) is 11.5 Å². The SMILES string of the molecule is CCOc1cc(/C=C2/C(=O)Nc3ccc(Cl)cc32)cc(Cl)c1O. The smallest absolute Gasteiger partial charge is 0.256 e. The van der Waals surface area contributed by atoms with Gasteiger partial charge in [-0.05, 0) is 48.9 Å². The molecule has 6 heteroatoms. The lowest BCUT2D eigenvalue weighted by Gasteiger charge is -2.09. The Kier molecular flexibility index (Phi) is 4.20.